The molecule has 0 saturated heterocycles. The number of rotatable bonds is 4. The van der Waals surface area contributed by atoms with Crippen molar-refractivity contribution in [3.05, 3.63) is 48.0 Å². The lowest BCUT2D eigenvalue weighted by atomic mass is 10.1. The van der Waals surface area contributed by atoms with Crippen LogP contribution in [0.3, 0.4) is 0 Å². The quantitative estimate of drug-likeness (QED) is 0.801. The molecule has 3 rings (SSSR count). The van der Waals surface area contributed by atoms with Crippen molar-refractivity contribution in [2.45, 2.75) is 6.42 Å². The number of benzene rings is 2. The van der Waals surface area contributed by atoms with Crippen molar-refractivity contribution in [2.75, 3.05) is 20.0 Å². The van der Waals surface area contributed by atoms with E-state index in [-0.39, 0.29) is 12.3 Å². The van der Waals surface area contributed by atoms with Crippen LogP contribution in [0.25, 0.3) is 10.9 Å². The van der Waals surface area contributed by atoms with Crippen LogP contribution in [0.15, 0.2) is 42.5 Å². The predicted octanol–water partition coefficient (Wildman–Crippen LogP) is 2.52. The van der Waals surface area contributed by atoms with Crippen LogP contribution in [0, 0.1) is 0 Å². The molecule has 0 fully saturated rings. The maximum absolute atomic E-state index is 12.6. The molecule has 2 N–H and O–H groups in total. The van der Waals surface area contributed by atoms with Crippen molar-refractivity contribution in [1.29, 1.82) is 0 Å². The topological polar surface area (TPSA) is 79.4 Å². The minimum atomic E-state index is -0.162. The highest BCUT2D eigenvalue weighted by molar-refractivity contribution is 5.97. The lowest BCUT2D eigenvalue weighted by Gasteiger charge is -2.09. The number of carbonyl (C=O) groups is 1. The van der Waals surface area contributed by atoms with Gasteiger partial charge in [-0.05, 0) is 29.8 Å². The van der Waals surface area contributed by atoms with E-state index >= 15 is 0 Å². The van der Waals surface area contributed by atoms with E-state index in [9.17, 15) is 4.79 Å². The van der Waals surface area contributed by atoms with Crippen molar-refractivity contribution in [3.63, 3.8) is 0 Å². The molecule has 0 unspecified atom stereocenters. The van der Waals surface area contributed by atoms with Crippen LogP contribution in [0.4, 0.5) is 5.82 Å². The fourth-order valence-corrected chi connectivity index (χ4v) is 2.52. The first-order valence-corrected chi connectivity index (χ1v) is 7.11. The molecule has 1 heterocycles. The molecule has 6 heteroatoms. The molecule has 0 aliphatic rings. The van der Waals surface area contributed by atoms with Crippen molar-refractivity contribution in [3.8, 4) is 11.5 Å². The van der Waals surface area contributed by atoms with Gasteiger partial charge in [-0.15, -0.1) is 5.10 Å². The van der Waals surface area contributed by atoms with Gasteiger partial charge in [0.25, 0.3) is 5.91 Å². The first kappa shape index (κ1) is 14.9. The number of fused-ring (bicyclic) bond motifs is 1. The molecule has 0 saturated carbocycles. The summed E-state index contributed by atoms with van der Waals surface area (Å²) < 4.78 is 11.8. The first-order valence-electron chi connectivity index (χ1n) is 7.11. The molecule has 6 nitrogen and oxygen atoms in total. The number of anilines is 1. The van der Waals surface area contributed by atoms with Gasteiger partial charge < -0.3 is 15.2 Å². The number of nitrogens with zero attached hydrogens (tertiary/aromatic N) is 2. The number of hydrogen-bond acceptors (Lipinski definition) is 5. The van der Waals surface area contributed by atoms with E-state index in [2.05, 4.69) is 5.10 Å². The Morgan fingerprint density at radius 2 is 1.87 bits per heavy atom. The molecule has 0 radical (unpaired) electrons. The molecule has 3 aromatic rings. The van der Waals surface area contributed by atoms with Crippen LogP contribution in [-0.4, -0.2) is 29.9 Å². The summed E-state index contributed by atoms with van der Waals surface area (Å²) in [6.07, 6.45) is 0.186. The van der Waals surface area contributed by atoms with Crippen LogP contribution < -0.4 is 15.2 Å². The molecule has 0 spiro atoms. The van der Waals surface area contributed by atoms with E-state index in [4.69, 9.17) is 15.2 Å². The van der Waals surface area contributed by atoms with Gasteiger partial charge in [0.05, 0.1) is 26.2 Å². The van der Waals surface area contributed by atoms with E-state index in [0.717, 1.165) is 10.9 Å². The monoisotopic (exact) mass is 311 g/mol. The number of carbonyl (C=O) groups excluding carboxylic acids is 1. The van der Waals surface area contributed by atoms with Crippen LogP contribution in [0.1, 0.15) is 10.4 Å². The van der Waals surface area contributed by atoms with Gasteiger partial charge in [-0.1, -0.05) is 18.2 Å². The Bertz CT molecular complexity index is 871. The zero-order valence-corrected chi connectivity index (χ0v) is 12.9. The molecule has 2 aromatic carbocycles. The lowest BCUT2D eigenvalue weighted by Crippen LogP contribution is -2.15. The van der Waals surface area contributed by atoms with Gasteiger partial charge in [-0.2, -0.15) is 4.68 Å². The average molecular weight is 311 g/mol. The fourth-order valence-electron chi connectivity index (χ4n) is 2.52. The van der Waals surface area contributed by atoms with E-state index in [1.165, 1.54) is 4.68 Å². The third kappa shape index (κ3) is 2.70. The van der Waals surface area contributed by atoms with Crippen LogP contribution in [-0.2, 0) is 6.42 Å². The van der Waals surface area contributed by atoms with Crippen molar-refractivity contribution in [2.24, 2.45) is 0 Å². The second-order valence-electron chi connectivity index (χ2n) is 5.07. The Labute approximate surface area is 133 Å². The summed E-state index contributed by atoms with van der Waals surface area (Å²) in [7, 11) is 3.13. The summed E-state index contributed by atoms with van der Waals surface area (Å²) in [4.78, 5) is 12.6. The van der Waals surface area contributed by atoms with Gasteiger partial charge in [-0.25, -0.2) is 0 Å². The molecule has 0 aliphatic heterocycles. The number of aromatic nitrogens is 2. The number of nitrogen functional groups attached to an aromatic ring is 1. The number of ether oxygens (including phenoxy) is 2. The maximum Gasteiger partial charge on any atom is 0.251 e. The van der Waals surface area contributed by atoms with Gasteiger partial charge in [0.15, 0.2) is 17.3 Å². The summed E-state index contributed by atoms with van der Waals surface area (Å²) in [5.74, 6) is 1.39. The summed E-state index contributed by atoms with van der Waals surface area (Å²) in [6, 6.07) is 12.8. The van der Waals surface area contributed by atoms with Crippen molar-refractivity contribution in [1.82, 2.24) is 9.78 Å². The van der Waals surface area contributed by atoms with E-state index in [1.807, 2.05) is 30.3 Å². The van der Waals surface area contributed by atoms with Gasteiger partial charge >= 0.3 is 0 Å². The van der Waals surface area contributed by atoms with Crippen molar-refractivity contribution < 1.29 is 14.3 Å². The fraction of sp³-hybridized carbons (Fsp3) is 0.176. The second-order valence-corrected chi connectivity index (χ2v) is 5.07. The lowest BCUT2D eigenvalue weighted by molar-refractivity contribution is 0.0904. The molecule has 0 aliphatic carbocycles. The predicted molar refractivity (Wildman–Crippen MR) is 88.0 cm³/mol. The summed E-state index contributed by atoms with van der Waals surface area (Å²) in [5, 5.41) is 4.92. The van der Waals surface area contributed by atoms with Gasteiger partial charge in [-0.3, -0.25) is 4.79 Å². The van der Waals surface area contributed by atoms with Crippen LogP contribution in [0.2, 0.25) is 0 Å². The molecular weight excluding hydrogens is 294 g/mol. The number of methoxy groups -OCH3 is 2. The standard InChI is InChI=1S/C17H17N3O3/c1-22-14-8-7-11(9-15(14)23-2)10-16(21)20-13-6-4-3-5-12(13)17(18)19-20/h3-9H,10H2,1-2H3,(H2,18,19). The van der Waals surface area contributed by atoms with Crippen molar-refractivity contribution >= 4 is 22.6 Å². The normalized spacial score (nSPS) is 10.7. The number of nitrogens with two attached hydrogens (primary N) is 1. The zero-order valence-electron chi connectivity index (χ0n) is 12.9. The molecule has 118 valence electrons. The van der Waals surface area contributed by atoms with Crippen LogP contribution >= 0.6 is 0 Å². The second kappa shape index (κ2) is 6.00. The highest BCUT2D eigenvalue weighted by atomic mass is 16.5. The highest BCUT2D eigenvalue weighted by Gasteiger charge is 2.15. The smallest absolute Gasteiger partial charge is 0.251 e. The van der Waals surface area contributed by atoms with E-state index in [1.54, 1.807) is 26.4 Å². The van der Waals surface area contributed by atoms with Gasteiger partial charge in [0, 0.05) is 5.39 Å². The molecule has 23 heavy (non-hydrogen) atoms. The molecule has 0 amide bonds. The van der Waals surface area contributed by atoms with Gasteiger partial charge in [0.2, 0.25) is 0 Å². The Morgan fingerprint density at radius 3 is 2.61 bits per heavy atom. The largest absolute Gasteiger partial charge is 0.493 e. The Kier molecular flexibility index (Phi) is 3.89. The molecule has 0 bridgehead atoms. The SMILES string of the molecule is COc1ccc(CC(=O)n2nc(N)c3ccccc32)cc1OC. The third-order valence-corrected chi connectivity index (χ3v) is 3.66. The molecular formula is C17H17N3O3. The summed E-state index contributed by atoms with van der Waals surface area (Å²) in [6.45, 7) is 0. The van der Waals surface area contributed by atoms with E-state index < -0.39 is 0 Å². The summed E-state index contributed by atoms with van der Waals surface area (Å²) >= 11 is 0. The molecule has 0 atom stereocenters. The summed E-state index contributed by atoms with van der Waals surface area (Å²) in [5.41, 5.74) is 7.39. The Morgan fingerprint density at radius 1 is 1.13 bits per heavy atom. The highest BCUT2D eigenvalue weighted by Crippen LogP contribution is 2.28. The Hall–Kier alpha value is -3.02. The maximum atomic E-state index is 12.6. The molecule has 1 aromatic heterocycles. The minimum absolute atomic E-state index is 0.162. The average Bonchev–Trinajstić information content (AvgIpc) is 2.92. The van der Waals surface area contributed by atoms with E-state index in [0.29, 0.717) is 22.8 Å². The number of hydrogen-bond donors (Lipinski definition) is 1. The third-order valence-electron chi connectivity index (χ3n) is 3.66. The Balaban J connectivity index is 1.92. The minimum Gasteiger partial charge on any atom is -0.493 e. The zero-order chi connectivity index (χ0) is 16.4. The van der Waals surface area contributed by atoms with Crippen LogP contribution in [0.5, 0.6) is 11.5 Å². The first-order chi connectivity index (χ1) is 11.1. The van der Waals surface area contributed by atoms with Gasteiger partial charge in [0.1, 0.15) is 0 Å². The number of para-hydroxylation sites is 1.